The number of aryl methyl sites for hydroxylation is 1. The van der Waals surface area contributed by atoms with Crippen molar-refractivity contribution in [2.24, 2.45) is 0 Å². The fourth-order valence-corrected chi connectivity index (χ4v) is 2.60. The Balaban J connectivity index is 1.99. The molecule has 1 aromatic rings. The highest BCUT2D eigenvalue weighted by Gasteiger charge is 2.39. The zero-order chi connectivity index (χ0) is 13.9. The Labute approximate surface area is 117 Å². The number of esters is 1. The zero-order valence-electron chi connectivity index (χ0n) is 11.5. The molecule has 1 unspecified atom stereocenters. The monoisotopic (exact) mass is 281 g/mol. The summed E-state index contributed by atoms with van der Waals surface area (Å²) in [4.78, 5) is 20.4. The Morgan fingerprint density at radius 3 is 2.68 bits per heavy atom. The molecule has 0 bridgehead atoms. The zero-order valence-corrected chi connectivity index (χ0v) is 12.3. The summed E-state index contributed by atoms with van der Waals surface area (Å²) in [7, 11) is 1.42. The van der Waals surface area contributed by atoms with Crippen LogP contribution in [-0.2, 0) is 9.53 Å². The Kier molecular flexibility index (Phi) is 4.42. The molecule has 1 fully saturated rings. The summed E-state index contributed by atoms with van der Waals surface area (Å²) in [6.45, 7) is 3.82. The lowest BCUT2D eigenvalue weighted by Gasteiger charge is -2.27. The number of nitrogens with zero attached hydrogens (tertiary/aromatic N) is 2. The summed E-state index contributed by atoms with van der Waals surface area (Å²) in [5, 5.41) is 4.03. The summed E-state index contributed by atoms with van der Waals surface area (Å²) in [6, 6.07) is 0.434. The van der Waals surface area contributed by atoms with Crippen LogP contribution in [-0.4, -0.2) is 40.4 Å². The highest BCUT2D eigenvalue weighted by molar-refractivity contribution is 7.99. The molecule has 2 rings (SSSR count). The van der Waals surface area contributed by atoms with Crippen molar-refractivity contribution in [2.45, 2.75) is 43.4 Å². The highest BCUT2D eigenvalue weighted by Crippen LogP contribution is 2.26. The van der Waals surface area contributed by atoms with Crippen LogP contribution in [0.3, 0.4) is 0 Å². The van der Waals surface area contributed by atoms with Gasteiger partial charge in [0.05, 0.1) is 7.11 Å². The minimum absolute atomic E-state index is 0.237. The molecule has 19 heavy (non-hydrogen) atoms. The van der Waals surface area contributed by atoms with Gasteiger partial charge in [-0.3, -0.25) is 10.1 Å². The van der Waals surface area contributed by atoms with Gasteiger partial charge in [-0.2, -0.15) is 0 Å². The number of ether oxygens (including phenoxy) is 1. The topological polar surface area (TPSA) is 64.1 Å². The van der Waals surface area contributed by atoms with Gasteiger partial charge in [0.25, 0.3) is 0 Å². The van der Waals surface area contributed by atoms with E-state index < -0.39 is 5.54 Å². The van der Waals surface area contributed by atoms with E-state index in [0.717, 1.165) is 18.4 Å². The number of aromatic nitrogens is 2. The van der Waals surface area contributed by atoms with Gasteiger partial charge in [-0.15, -0.1) is 0 Å². The minimum Gasteiger partial charge on any atom is -0.468 e. The van der Waals surface area contributed by atoms with Gasteiger partial charge in [-0.1, -0.05) is 11.8 Å². The predicted octanol–water partition coefficient (Wildman–Crippen LogP) is 1.56. The van der Waals surface area contributed by atoms with Crippen LogP contribution in [0, 0.1) is 6.92 Å². The van der Waals surface area contributed by atoms with Crippen molar-refractivity contribution in [1.29, 1.82) is 0 Å². The van der Waals surface area contributed by atoms with E-state index in [2.05, 4.69) is 15.3 Å². The van der Waals surface area contributed by atoms with Crippen molar-refractivity contribution >= 4 is 17.7 Å². The van der Waals surface area contributed by atoms with E-state index in [-0.39, 0.29) is 5.97 Å². The fourth-order valence-electron chi connectivity index (χ4n) is 1.73. The molecular weight excluding hydrogens is 262 g/mol. The number of nitrogens with one attached hydrogen (secondary N) is 1. The van der Waals surface area contributed by atoms with Crippen LogP contribution in [0.15, 0.2) is 17.6 Å². The Bertz CT molecular complexity index is 448. The third kappa shape index (κ3) is 3.91. The van der Waals surface area contributed by atoms with Gasteiger partial charge in [0.1, 0.15) is 5.54 Å². The second-order valence-electron chi connectivity index (χ2n) is 5.07. The normalized spacial score (nSPS) is 17.8. The van der Waals surface area contributed by atoms with Crippen molar-refractivity contribution < 1.29 is 9.53 Å². The summed E-state index contributed by atoms with van der Waals surface area (Å²) < 4.78 is 4.90. The summed E-state index contributed by atoms with van der Waals surface area (Å²) in [5.41, 5.74) is 0.339. The molecule has 0 saturated heterocycles. The molecule has 0 aromatic carbocycles. The maximum Gasteiger partial charge on any atom is 0.326 e. The van der Waals surface area contributed by atoms with E-state index in [0.29, 0.717) is 17.0 Å². The van der Waals surface area contributed by atoms with Gasteiger partial charge in [-0.25, -0.2) is 9.97 Å². The van der Waals surface area contributed by atoms with Crippen LogP contribution < -0.4 is 5.32 Å². The predicted molar refractivity (Wildman–Crippen MR) is 74.1 cm³/mol. The standard InChI is InChI=1S/C13H19N3O2S/c1-9-6-14-12(15-7-9)19-8-13(2,11(17)18-3)16-10-4-5-10/h6-7,10,16H,4-5,8H2,1-3H3. The van der Waals surface area contributed by atoms with Crippen molar-refractivity contribution in [1.82, 2.24) is 15.3 Å². The molecule has 1 aromatic heterocycles. The molecule has 104 valence electrons. The molecule has 0 aliphatic heterocycles. The largest absolute Gasteiger partial charge is 0.468 e. The number of hydrogen-bond acceptors (Lipinski definition) is 6. The maximum atomic E-state index is 11.9. The quantitative estimate of drug-likeness (QED) is 0.485. The van der Waals surface area contributed by atoms with E-state index in [1.165, 1.54) is 18.9 Å². The van der Waals surface area contributed by atoms with Crippen LogP contribution in [0.1, 0.15) is 25.3 Å². The number of carbonyl (C=O) groups excluding carboxylic acids is 1. The number of thioether (sulfide) groups is 1. The Hall–Kier alpha value is -1.14. The van der Waals surface area contributed by atoms with E-state index >= 15 is 0 Å². The van der Waals surface area contributed by atoms with E-state index in [4.69, 9.17) is 4.74 Å². The third-order valence-corrected chi connectivity index (χ3v) is 4.17. The Morgan fingerprint density at radius 2 is 2.16 bits per heavy atom. The average molecular weight is 281 g/mol. The van der Waals surface area contributed by atoms with Gasteiger partial charge in [0.15, 0.2) is 5.16 Å². The van der Waals surface area contributed by atoms with E-state index in [1.807, 2.05) is 13.8 Å². The molecule has 1 N–H and O–H groups in total. The van der Waals surface area contributed by atoms with Gasteiger partial charge >= 0.3 is 5.97 Å². The molecule has 1 saturated carbocycles. The number of hydrogen-bond donors (Lipinski definition) is 1. The lowest BCUT2D eigenvalue weighted by Crippen LogP contribution is -2.53. The summed E-state index contributed by atoms with van der Waals surface area (Å²) in [6.07, 6.45) is 5.80. The molecule has 1 atom stereocenters. The molecule has 0 amide bonds. The van der Waals surface area contributed by atoms with Crippen LogP contribution >= 0.6 is 11.8 Å². The molecule has 1 heterocycles. The molecule has 0 spiro atoms. The highest BCUT2D eigenvalue weighted by atomic mass is 32.2. The summed E-state index contributed by atoms with van der Waals surface area (Å²) >= 11 is 1.46. The van der Waals surface area contributed by atoms with Crippen molar-refractivity contribution in [3.8, 4) is 0 Å². The smallest absolute Gasteiger partial charge is 0.326 e. The van der Waals surface area contributed by atoms with Gasteiger partial charge in [0, 0.05) is 24.2 Å². The van der Waals surface area contributed by atoms with Gasteiger partial charge in [0.2, 0.25) is 0 Å². The number of methoxy groups -OCH3 is 1. The minimum atomic E-state index is -0.686. The lowest BCUT2D eigenvalue weighted by molar-refractivity contribution is -0.147. The molecule has 6 heteroatoms. The van der Waals surface area contributed by atoms with Crippen molar-refractivity contribution in [3.63, 3.8) is 0 Å². The maximum absolute atomic E-state index is 11.9. The van der Waals surface area contributed by atoms with Crippen molar-refractivity contribution in [3.05, 3.63) is 18.0 Å². The third-order valence-electron chi connectivity index (χ3n) is 2.98. The molecule has 1 aliphatic carbocycles. The van der Waals surface area contributed by atoms with Gasteiger partial charge < -0.3 is 4.74 Å². The second kappa shape index (κ2) is 5.88. The second-order valence-corrected chi connectivity index (χ2v) is 6.02. The van der Waals surface area contributed by atoms with E-state index in [9.17, 15) is 4.79 Å². The van der Waals surface area contributed by atoms with Crippen LogP contribution in [0.4, 0.5) is 0 Å². The number of carbonyl (C=O) groups is 1. The first-order valence-corrected chi connectivity index (χ1v) is 7.29. The molecule has 5 nitrogen and oxygen atoms in total. The first-order chi connectivity index (χ1) is 9.03. The molecule has 0 radical (unpaired) electrons. The average Bonchev–Trinajstić information content (AvgIpc) is 3.21. The van der Waals surface area contributed by atoms with Crippen molar-refractivity contribution in [2.75, 3.05) is 12.9 Å². The molecule has 1 aliphatic rings. The van der Waals surface area contributed by atoms with Crippen LogP contribution in [0.5, 0.6) is 0 Å². The van der Waals surface area contributed by atoms with Crippen LogP contribution in [0.2, 0.25) is 0 Å². The fraction of sp³-hybridized carbons (Fsp3) is 0.615. The molecular formula is C13H19N3O2S. The lowest BCUT2D eigenvalue weighted by atomic mass is 10.1. The first-order valence-electron chi connectivity index (χ1n) is 6.31. The van der Waals surface area contributed by atoms with Crippen LogP contribution in [0.25, 0.3) is 0 Å². The summed E-state index contributed by atoms with van der Waals surface area (Å²) in [5.74, 6) is 0.318. The van der Waals surface area contributed by atoms with E-state index in [1.54, 1.807) is 12.4 Å². The number of rotatable bonds is 6. The first kappa shape index (κ1) is 14.3. The van der Waals surface area contributed by atoms with Gasteiger partial charge in [-0.05, 0) is 32.3 Å². The SMILES string of the molecule is COC(=O)C(C)(CSc1ncc(C)cn1)NC1CC1. The Morgan fingerprint density at radius 1 is 1.53 bits per heavy atom.